The van der Waals surface area contributed by atoms with Gasteiger partial charge in [-0.05, 0) is 32.0 Å². The molecule has 22 heavy (non-hydrogen) atoms. The van der Waals surface area contributed by atoms with Crippen LogP contribution >= 0.6 is 0 Å². The smallest absolute Gasteiger partial charge is 0.341 e. The molecule has 120 valence electrons. The van der Waals surface area contributed by atoms with E-state index in [0.29, 0.717) is 44.2 Å². The normalized spacial score (nSPS) is 14.5. The second kappa shape index (κ2) is 7.79. The number of morpholine rings is 1. The van der Waals surface area contributed by atoms with Crippen LogP contribution in [0.1, 0.15) is 34.6 Å². The molecule has 0 radical (unpaired) electrons. The van der Waals surface area contributed by atoms with Crippen LogP contribution in [-0.4, -0.2) is 56.3 Å². The van der Waals surface area contributed by atoms with Crippen molar-refractivity contribution < 1.29 is 23.8 Å². The molecule has 1 aromatic carbocycles. The molecule has 1 heterocycles. The Morgan fingerprint density at radius 3 is 2.55 bits per heavy atom. The minimum Gasteiger partial charge on any atom is -0.493 e. The van der Waals surface area contributed by atoms with Crippen molar-refractivity contribution in [3.63, 3.8) is 0 Å². The van der Waals surface area contributed by atoms with E-state index < -0.39 is 5.97 Å². The number of hydrogen-bond acceptors (Lipinski definition) is 5. The fourth-order valence-electron chi connectivity index (χ4n) is 2.26. The van der Waals surface area contributed by atoms with Gasteiger partial charge in [0.2, 0.25) is 0 Å². The number of benzene rings is 1. The zero-order valence-electron chi connectivity index (χ0n) is 13.0. The molecule has 0 unspecified atom stereocenters. The van der Waals surface area contributed by atoms with Gasteiger partial charge in [-0.1, -0.05) is 0 Å². The maximum Gasteiger partial charge on any atom is 0.341 e. The molecule has 0 spiro atoms. The van der Waals surface area contributed by atoms with Gasteiger partial charge < -0.3 is 19.1 Å². The van der Waals surface area contributed by atoms with E-state index in [0.717, 1.165) is 0 Å². The number of rotatable bonds is 5. The molecule has 6 nitrogen and oxygen atoms in total. The Labute approximate surface area is 129 Å². The van der Waals surface area contributed by atoms with Crippen molar-refractivity contribution in [2.24, 2.45) is 0 Å². The SMILES string of the molecule is CCOC(=O)c1cc(C(=O)N2CCOCC2)ccc1OCC. The molecular weight excluding hydrogens is 286 g/mol. The first-order valence-corrected chi connectivity index (χ1v) is 7.48. The van der Waals surface area contributed by atoms with Crippen LogP contribution in [0.4, 0.5) is 0 Å². The molecule has 1 saturated heterocycles. The lowest BCUT2D eigenvalue weighted by molar-refractivity contribution is 0.0303. The molecule has 1 aliphatic heterocycles. The van der Waals surface area contributed by atoms with Crippen molar-refractivity contribution in [1.29, 1.82) is 0 Å². The fourth-order valence-corrected chi connectivity index (χ4v) is 2.26. The highest BCUT2D eigenvalue weighted by molar-refractivity contribution is 5.99. The third-order valence-corrected chi connectivity index (χ3v) is 3.32. The van der Waals surface area contributed by atoms with Crippen LogP contribution in [0.3, 0.4) is 0 Å². The minimum atomic E-state index is -0.484. The fraction of sp³-hybridized carbons (Fsp3) is 0.500. The first-order chi connectivity index (χ1) is 10.7. The van der Waals surface area contributed by atoms with Crippen molar-refractivity contribution in [3.8, 4) is 5.75 Å². The lowest BCUT2D eigenvalue weighted by Gasteiger charge is -2.27. The summed E-state index contributed by atoms with van der Waals surface area (Å²) >= 11 is 0. The Morgan fingerprint density at radius 1 is 1.18 bits per heavy atom. The van der Waals surface area contributed by atoms with E-state index in [1.165, 1.54) is 0 Å². The summed E-state index contributed by atoms with van der Waals surface area (Å²) in [5.74, 6) is -0.168. The third-order valence-electron chi connectivity index (χ3n) is 3.32. The molecule has 1 aliphatic rings. The summed E-state index contributed by atoms with van der Waals surface area (Å²) in [6.07, 6.45) is 0. The predicted molar refractivity (Wildman–Crippen MR) is 80.3 cm³/mol. The summed E-state index contributed by atoms with van der Waals surface area (Å²) in [6.45, 7) is 6.46. The average molecular weight is 307 g/mol. The van der Waals surface area contributed by atoms with Crippen LogP contribution in [-0.2, 0) is 9.47 Å². The van der Waals surface area contributed by atoms with E-state index in [9.17, 15) is 9.59 Å². The molecule has 1 amide bonds. The zero-order chi connectivity index (χ0) is 15.9. The van der Waals surface area contributed by atoms with E-state index in [-0.39, 0.29) is 18.1 Å². The highest BCUT2D eigenvalue weighted by Crippen LogP contribution is 2.22. The second-order valence-electron chi connectivity index (χ2n) is 4.77. The number of amides is 1. The Balaban J connectivity index is 2.26. The van der Waals surface area contributed by atoms with Gasteiger partial charge in [0.05, 0.1) is 26.4 Å². The van der Waals surface area contributed by atoms with Crippen molar-refractivity contribution >= 4 is 11.9 Å². The molecule has 1 fully saturated rings. The van der Waals surface area contributed by atoms with Crippen molar-refractivity contribution in [2.75, 3.05) is 39.5 Å². The zero-order valence-corrected chi connectivity index (χ0v) is 13.0. The van der Waals surface area contributed by atoms with Crippen molar-refractivity contribution in [3.05, 3.63) is 29.3 Å². The standard InChI is InChI=1S/C16H21NO5/c1-3-21-14-6-5-12(11-13(14)16(19)22-4-2)15(18)17-7-9-20-10-8-17/h5-6,11H,3-4,7-10H2,1-2H3. The molecule has 0 aliphatic carbocycles. The van der Waals surface area contributed by atoms with Gasteiger partial charge in [-0.3, -0.25) is 4.79 Å². The summed E-state index contributed by atoms with van der Waals surface area (Å²) in [4.78, 5) is 26.2. The van der Waals surface area contributed by atoms with E-state index in [2.05, 4.69) is 0 Å². The number of esters is 1. The van der Waals surface area contributed by atoms with Gasteiger partial charge in [-0.25, -0.2) is 4.79 Å². The predicted octanol–water partition coefficient (Wildman–Crippen LogP) is 1.73. The van der Waals surface area contributed by atoms with Gasteiger partial charge in [-0.2, -0.15) is 0 Å². The van der Waals surface area contributed by atoms with Gasteiger partial charge in [0.1, 0.15) is 11.3 Å². The Hall–Kier alpha value is -2.08. The van der Waals surface area contributed by atoms with E-state index in [1.807, 2.05) is 6.92 Å². The Morgan fingerprint density at radius 2 is 1.91 bits per heavy atom. The van der Waals surface area contributed by atoms with Gasteiger partial charge in [0.25, 0.3) is 5.91 Å². The highest BCUT2D eigenvalue weighted by atomic mass is 16.5. The average Bonchev–Trinajstić information content (AvgIpc) is 2.56. The van der Waals surface area contributed by atoms with Crippen LogP contribution < -0.4 is 4.74 Å². The van der Waals surface area contributed by atoms with E-state index >= 15 is 0 Å². The van der Waals surface area contributed by atoms with Crippen molar-refractivity contribution in [1.82, 2.24) is 4.90 Å². The van der Waals surface area contributed by atoms with Crippen LogP contribution in [0.2, 0.25) is 0 Å². The number of ether oxygens (including phenoxy) is 3. The molecule has 2 rings (SSSR count). The van der Waals surface area contributed by atoms with Gasteiger partial charge >= 0.3 is 5.97 Å². The summed E-state index contributed by atoms with van der Waals surface area (Å²) in [5.41, 5.74) is 0.733. The monoisotopic (exact) mass is 307 g/mol. The van der Waals surface area contributed by atoms with E-state index in [1.54, 1.807) is 30.0 Å². The molecule has 0 atom stereocenters. The molecule has 6 heteroatoms. The number of nitrogens with zero attached hydrogens (tertiary/aromatic N) is 1. The molecule has 0 aromatic heterocycles. The van der Waals surface area contributed by atoms with Crippen LogP contribution in [0, 0.1) is 0 Å². The van der Waals surface area contributed by atoms with Crippen LogP contribution in [0.5, 0.6) is 5.75 Å². The van der Waals surface area contributed by atoms with E-state index in [4.69, 9.17) is 14.2 Å². The van der Waals surface area contributed by atoms with Crippen LogP contribution in [0.15, 0.2) is 18.2 Å². The molecule has 0 saturated carbocycles. The van der Waals surface area contributed by atoms with Crippen molar-refractivity contribution in [2.45, 2.75) is 13.8 Å². The quantitative estimate of drug-likeness (QED) is 0.775. The third kappa shape index (κ3) is 3.76. The molecule has 1 aromatic rings. The topological polar surface area (TPSA) is 65.1 Å². The van der Waals surface area contributed by atoms with Crippen LogP contribution in [0.25, 0.3) is 0 Å². The lowest BCUT2D eigenvalue weighted by atomic mass is 10.1. The summed E-state index contributed by atoms with van der Waals surface area (Å²) in [7, 11) is 0. The summed E-state index contributed by atoms with van der Waals surface area (Å²) < 4.78 is 15.7. The second-order valence-corrected chi connectivity index (χ2v) is 4.77. The number of hydrogen-bond donors (Lipinski definition) is 0. The van der Waals surface area contributed by atoms with Gasteiger partial charge in [-0.15, -0.1) is 0 Å². The maximum atomic E-state index is 12.5. The first kappa shape index (κ1) is 16.3. The summed E-state index contributed by atoms with van der Waals surface area (Å²) in [5, 5.41) is 0. The molecule has 0 N–H and O–H groups in total. The largest absolute Gasteiger partial charge is 0.493 e. The summed E-state index contributed by atoms with van der Waals surface area (Å²) in [6, 6.07) is 4.86. The van der Waals surface area contributed by atoms with Gasteiger partial charge in [0.15, 0.2) is 0 Å². The highest BCUT2D eigenvalue weighted by Gasteiger charge is 2.22. The minimum absolute atomic E-state index is 0.114. The Kier molecular flexibility index (Phi) is 5.77. The molecular formula is C16H21NO5. The van der Waals surface area contributed by atoms with Gasteiger partial charge in [0, 0.05) is 18.7 Å². The maximum absolute atomic E-state index is 12.5. The Bertz CT molecular complexity index is 537. The number of carbonyl (C=O) groups excluding carboxylic acids is 2. The first-order valence-electron chi connectivity index (χ1n) is 7.48. The molecule has 0 bridgehead atoms. The lowest BCUT2D eigenvalue weighted by Crippen LogP contribution is -2.40. The number of carbonyl (C=O) groups is 2.